The Morgan fingerprint density at radius 2 is 1.86 bits per heavy atom. The van der Waals surface area contributed by atoms with Crippen molar-refractivity contribution < 1.29 is 14.3 Å². The van der Waals surface area contributed by atoms with Crippen LogP contribution in [0.3, 0.4) is 0 Å². The standard InChI is InChI=1S/C16H15ClN2O3/c1-10(20)11-2-7-15(14(18)8-11)22-9-16(21)19-13-5-3-12(17)4-6-13/h2-8H,9,18H2,1H3,(H,19,21). The summed E-state index contributed by atoms with van der Waals surface area (Å²) in [5.74, 6) is -0.0487. The molecule has 0 unspecified atom stereocenters. The fourth-order valence-electron chi connectivity index (χ4n) is 1.77. The molecule has 0 bridgehead atoms. The van der Waals surface area contributed by atoms with Gasteiger partial charge in [-0.2, -0.15) is 0 Å². The van der Waals surface area contributed by atoms with Crippen LogP contribution in [0.5, 0.6) is 5.75 Å². The smallest absolute Gasteiger partial charge is 0.262 e. The third-order valence-corrected chi connectivity index (χ3v) is 3.16. The van der Waals surface area contributed by atoms with Gasteiger partial charge in [0.15, 0.2) is 12.4 Å². The number of carbonyl (C=O) groups is 2. The van der Waals surface area contributed by atoms with Gasteiger partial charge in [0.1, 0.15) is 5.75 Å². The van der Waals surface area contributed by atoms with Gasteiger partial charge < -0.3 is 15.8 Å². The third-order valence-electron chi connectivity index (χ3n) is 2.90. The normalized spacial score (nSPS) is 10.1. The van der Waals surface area contributed by atoms with Crippen molar-refractivity contribution in [1.29, 1.82) is 0 Å². The number of amides is 1. The molecule has 2 rings (SSSR count). The van der Waals surface area contributed by atoms with Gasteiger partial charge in [0, 0.05) is 16.3 Å². The Morgan fingerprint density at radius 1 is 1.18 bits per heavy atom. The molecule has 0 aliphatic heterocycles. The molecule has 1 amide bonds. The average Bonchev–Trinajstić information content (AvgIpc) is 2.48. The predicted molar refractivity (Wildman–Crippen MR) is 86.4 cm³/mol. The molecule has 0 radical (unpaired) electrons. The summed E-state index contributed by atoms with van der Waals surface area (Å²) in [7, 11) is 0. The van der Waals surface area contributed by atoms with Crippen molar-refractivity contribution in [2.75, 3.05) is 17.7 Å². The number of anilines is 2. The van der Waals surface area contributed by atoms with E-state index in [1.807, 2.05) is 0 Å². The number of ether oxygens (including phenoxy) is 1. The number of nitrogens with one attached hydrogen (secondary N) is 1. The number of carbonyl (C=O) groups excluding carboxylic acids is 2. The van der Waals surface area contributed by atoms with Crippen molar-refractivity contribution in [1.82, 2.24) is 0 Å². The zero-order valence-electron chi connectivity index (χ0n) is 11.9. The van der Waals surface area contributed by atoms with E-state index in [2.05, 4.69) is 5.32 Å². The summed E-state index contributed by atoms with van der Waals surface area (Å²) in [6.07, 6.45) is 0. The second kappa shape index (κ2) is 6.95. The summed E-state index contributed by atoms with van der Waals surface area (Å²) < 4.78 is 5.35. The van der Waals surface area contributed by atoms with E-state index in [1.54, 1.807) is 36.4 Å². The highest BCUT2D eigenvalue weighted by Crippen LogP contribution is 2.22. The van der Waals surface area contributed by atoms with E-state index in [1.165, 1.54) is 13.0 Å². The summed E-state index contributed by atoms with van der Waals surface area (Å²) in [6.45, 7) is 1.26. The zero-order chi connectivity index (χ0) is 16.1. The maximum Gasteiger partial charge on any atom is 0.262 e. The van der Waals surface area contributed by atoms with E-state index in [9.17, 15) is 9.59 Å². The van der Waals surface area contributed by atoms with Crippen molar-refractivity contribution in [3.63, 3.8) is 0 Å². The highest BCUT2D eigenvalue weighted by molar-refractivity contribution is 6.30. The summed E-state index contributed by atoms with van der Waals surface area (Å²) in [5, 5.41) is 3.26. The van der Waals surface area contributed by atoms with Crippen LogP contribution in [0.4, 0.5) is 11.4 Å². The number of hydrogen-bond acceptors (Lipinski definition) is 4. The van der Waals surface area contributed by atoms with Crippen LogP contribution in [0.25, 0.3) is 0 Å². The van der Waals surface area contributed by atoms with Gasteiger partial charge in [-0.3, -0.25) is 9.59 Å². The number of rotatable bonds is 5. The Bertz CT molecular complexity index is 699. The Labute approximate surface area is 133 Å². The first kappa shape index (κ1) is 15.9. The predicted octanol–water partition coefficient (Wildman–Crippen LogP) is 3.14. The van der Waals surface area contributed by atoms with E-state index in [0.29, 0.717) is 27.7 Å². The molecule has 2 aromatic rings. The second-order valence-corrected chi connectivity index (χ2v) is 5.09. The van der Waals surface area contributed by atoms with Crippen LogP contribution in [0.2, 0.25) is 5.02 Å². The Kier molecular flexibility index (Phi) is 5.01. The summed E-state index contributed by atoms with van der Waals surface area (Å²) >= 11 is 5.77. The molecule has 5 nitrogen and oxygen atoms in total. The van der Waals surface area contributed by atoms with Gasteiger partial charge in [0.2, 0.25) is 0 Å². The number of Topliss-reactive ketones (excluding diaryl/α,β-unsaturated/α-hetero) is 1. The van der Waals surface area contributed by atoms with Crippen LogP contribution in [-0.2, 0) is 4.79 Å². The molecule has 0 saturated heterocycles. The minimum atomic E-state index is -0.322. The molecule has 3 N–H and O–H groups in total. The van der Waals surface area contributed by atoms with Crippen LogP contribution in [0.15, 0.2) is 42.5 Å². The van der Waals surface area contributed by atoms with E-state index >= 15 is 0 Å². The molecule has 0 aliphatic rings. The lowest BCUT2D eigenvalue weighted by atomic mass is 10.1. The number of ketones is 1. The highest BCUT2D eigenvalue weighted by atomic mass is 35.5. The molecule has 6 heteroatoms. The molecule has 114 valence electrons. The Hall–Kier alpha value is -2.53. The van der Waals surface area contributed by atoms with Gasteiger partial charge in [0.25, 0.3) is 5.91 Å². The van der Waals surface area contributed by atoms with Gasteiger partial charge in [0.05, 0.1) is 5.69 Å². The first-order valence-electron chi connectivity index (χ1n) is 6.54. The molecule has 0 aliphatic carbocycles. The molecule has 0 spiro atoms. The number of nitrogens with two attached hydrogens (primary N) is 1. The van der Waals surface area contributed by atoms with Crippen LogP contribution in [0.1, 0.15) is 17.3 Å². The maximum atomic E-state index is 11.8. The van der Waals surface area contributed by atoms with Crippen molar-refractivity contribution in [2.24, 2.45) is 0 Å². The lowest BCUT2D eigenvalue weighted by Crippen LogP contribution is -2.20. The number of hydrogen-bond donors (Lipinski definition) is 2. The molecule has 0 fully saturated rings. The molecule has 22 heavy (non-hydrogen) atoms. The van der Waals surface area contributed by atoms with Gasteiger partial charge in [-0.25, -0.2) is 0 Å². The largest absolute Gasteiger partial charge is 0.482 e. The van der Waals surface area contributed by atoms with Crippen molar-refractivity contribution in [2.45, 2.75) is 6.92 Å². The van der Waals surface area contributed by atoms with Gasteiger partial charge in [-0.15, -0.1) is 0 Å². The summed E-state index contributed by atoms with van der Waals surface area (Å²) in [5.41, 5.74) is 7.22. The molecular weight excluding hydrogens is 304 g/mol. The Morgan fingerprint density at radius 3 is 2.45 bits per heavy atom. The van der Waals surface area contributed by atoms with E-state index in [-0.39, 0.29) is 18.3 Å². The van der Waals surface area contributed by atoms with Gasteiger partial charge >= 0.3 is 0 Å². The van der Waals surface area contributed by atoms with Crippen LogP contribution in [0, 0.1) is 0 Å². The lowest BCUT2D eigenvalue weighted by molar-refractivity contribution is -0.118. The maximum absolute atomic E-state index is 11.8. The van der Waals surface area contributed by atoms with Gasteiger partial charge in [-0.1, -0.05) is 11.6 Å². The number of halogens is 1. The van der Waals surface area contributed by atoms with Crippen LogP contribution < -0.4 is 15.8 Å². The Balaban J connectivity index is 1.93. The molecule has 0 heterocycles. The molecule has 2 aromatic carbocycles. The van der Waals surface area contributed by atoms with E-state index in [0.717, 1.165) is 0 Å². The monoisotopic (exact) mass is 318 g/mol. The SMILES string of the molecule is CC(=O)c1ccc(OCC(=O)Nc2ccc(Cl)cc2)c(N)c1. The highest BCUT2D eigenvalue weighted by Gasteiger charge is 2.08. The lowest BCUT2D eigenvalue weighted by Gasteiger charge is -2.10. The number of nitrogen functional groups attached to an aromatic ring is 1. The molecule has 0 atom stereocenters. The van der Waals surface area contributed by atoms with E-state index in [4.69, 9.17) is 22.1 Å². The first-order valence-corrected chi connectivity index (χ1v) is 6.92. The van der Waals surface area contributed by atoms with Crippen molar-refractivity contribution >= 4 is 34.7 Å². The second-order valence-electron chi connectivity index (χ2n) is 4.65. The summed E-state index contributed by atoms with van der Waals surface area (Å²) in [4.78, 5) is 23.0. The quantitative estimate of drug-likeness (QED) is 0.655. The fourth-order valence-corrected chi connectivity index (χ4v) is 1.90. The minimum Gasteiger partial charge on any atom is -0.482 e. The van der Waals surface area contributed by atoms with Crippen molar-refractivity contribution in [3.05, 3.63) is 53.1 Å². The van der Waals surface area contributed by atoms with Crippen LogP contribution in [-0.4, -0.2) is 18.3 Å². The van der Waals surface area contributed by atoms with Crippen LogP contribution >= 0.6 is 11.6 Å². The van der Waals surface area contributed by atoms with E-state index < -0.39 is 0 Å². The van der Waals surface area contributed by atoms with Gasteiger partial charge in [-0.05, 0) is 49.4 Å². The van der Waals surface area contributed by atoms with Crippen molar-refractivity contribution in [3.8, 4) is 5.75 Å². The number of benzene rings is 2. The fraction of sp³-hybridized carbons (Fsp3) is 0.125. The topological polar surface area (TPSA) is 81.4 Å². The minimum absolute atomic E-state index is 0.0845. The molecule has 0 saturated carbocycles. The third kappa shape index (κ3) is 4.23. The average molecular weight is 319 g/mol. The molecular formula is C16H15ClN2O3. The summed E-state index contributed by atoms with van der Waals surface area (Å²) in [6, 6.07) is 11.4. The first-order chi connectivity index (χ1) is 10.5. The molecule has 0 aromatic heterocycles. The zero-order valence-corrected chi connectivity index (χ0v) is 12.7.